The zero-order chi connectivity index (χ0) is 12.9. The molecule has 0 amide bonds. The van der Waals surface area contributed by atoms with E-state index in [0.29, 0.717) is 12.1 Å². The van der Waals surface area contributed by atoms with Crippen molar-refractivity contribution in [2.75, 3.05) is 13.6 Å². The van der Waals surface area contributed by atoms with Gasteiger partial charge in [0.1, 0.15) is 5.54 Å². The van der Waals surface area contributed by atoms with Crippen molar-refractivity contribution < 1.29 is 0 Å². The summed E-state index contributed by atoms with van der Waals surface area (Å²) in [4.78, 5) is 2.57. The molecule has 1 aliphatic carbocycles. The number of nitrogens with one attached hydrogen (secondary N) is 1. The molecule has 1 aliphatic rings. The van der Waals surface area contributed by atoms with Gasteiger partial charge in [-0.05, 0) is 52.6 Å². The molecule has 1 N–H and O–H groups in total. The molecular weight excluding hydrogens is 210 g/mol. The molecule has 0 spiro atoms. The summed E-state index contributed by atoms with van der Waals surface area (Å²) < 4.78 is 0. The van der Waals surface area contributed by atoms with Crippen LogP contribution in [-0.2, 0) is 0 Å². The standard InChI is InChI=1S/C14H27N3/c1-5-12(3)17(6-2)13-8-7-9-14(10-13,11-15)16-4/h12-13,16H,5-10H2,1-4H3. The highest BCUT2D eigenvalue weighted by molar-refractivity contribution is 5.10. The third-order valence-electron chi connectivity index (χ3n) is 4.41. The van der Waals surface area contributed by atoms with Gasteiger partial charge in [-0.2, -0.15) is 5.26 Å². The van der Waals surface area contributed by atoms with Gasteiger partial charge in [-0.1, -0.05) is 13.8 Å². The summed E-state index contributed by atoms with van der Waals surface area (Å²) in [5, 5.41) is 12.6. The molecule has 0 bridgehead atoms. The van der Waals surface area contributed by atoms with Crippen LogP contribution in [0.15, 0.2) is 0 Å². The van der Waals surface area contributed by atoms with Crippen molar-refractivity contribution in [3.8, 4) is 6.07 Å². The molecule has 98 valence electrons. The van der Waals surface area contributed by atoms with Crippen molar-refractivity contribution in [3.05, 3.63) is 0 Å². The lowest BCUT2D eigenvalue weighted by atomic mass is 9.79. The second-order valence-corrected chi connectivity index (χ2v) is 5.28. The summed E-state index contributed by atoms with van der Waals surface area (Å²) >= 11 is 0. The molecule has 0 radical (unpaired) electrons. The van der Waals surface area contributed by atoms with E-state index >= 15 is 0 Å². The molecule has 0 aromatic carbocycles. The van der Waals surface area contributed by atoms with Gasteiger partial charge in [0, 0.05) is 12.1 Å². The first kappa shape index (κ1) is 14.5. The Morgan fingerprint density at radius 3 is 2.71 bits per heavy atom. The Bertz CT molecular complexity index is 271. The highest BCUT2D eigenvalue weighted by Crippen LogP contribution is 2.31. The first-order valence-corrected chi connectivity index (χ1v) is 6.98. The molecule has 3 atom stereocenters. The highest BCUT2D eigenvalue weighted by Gasteiger charge is 2.37. The summed E-state index contributed by atoms with van der Waals surface area (Å²) in [7, 11) is 1.92. The topological polar surface area (TPSA) is 39.1 Å². The SMILES string of the molecule is CCC(C)N(CC)C1CCCC(C#N)(NC)C1. The van der Waals surface area contributed by atoms with Crippen molar-refractivity contribution in [1.82, 2.24) is 10.2 Å². The molecule has 0 saturated heterocycles. The molecule has 1 rings (SSSR count). The van der Waals surface area contributed by atoms with E-state index in [1.807, 2.05) is 7.05 Å². The van der Waals surface area contributed by atoms with Gasteiger partial charge >= 0.3 is 0 Å². The van der Waals surface area contributed by atoms with E-state index in [1.165, 1.54) is 12.8 Å². The molecule has 3 heteroatoms. The summed E-state index contributed by atoms with van der Waals surface area (Å²) in [6, 6.07) is 3.68. The largest absolute Gasteiger partial charge is 0.302 e. The van der Waals surface area contributed by atoms with Gasteiger partial charge in [0.2, 0.25) is 0 Å². The molecule has 0 aromatic rings. The van der Waals surface area contributed by atoms with Gasteiger partial charge in [-0.25, -0.2) is 0 Å². The van der Waals surface area contributed by atoms with Gasteiger partial charge in [0.25, 0.3) is 0 Å². The van der Waals surface area contributed by atoms with Crippen LogP contribution in [0.25, 0.3) is 0 Å². The van der Waals surface area contributed by atoms with E-state index in [-0.39, 0.29) is 5.54 Å². The van der Waals surface area contributed by atoms with E-state index in [4.69, 9.17) is 0 Å². The van der Waals surface area contributed by atoms with E-state index < -0.39 is 0 Å². The predicted octanol–water partition coefficient (Wildman–Crippen LogP) is 2.53. The van der Waals surface area contributed by atoms with E-state index in [2.05, 4.69) is 37.1 Å². The quantitative estimate of drug-likeness (QED) is 0.798. The molecule has 0 aromatic heterocycles. The minimum atomic E-state index is -0.288. The Morgan fingerprint density at radius 2 is 2.24 bits per heavy atom. The Balaban J connectivity index is 2.74. The lowest BCUT2D eigenvalue weighted by Gasteiger charge is -2.43. The number of hydrogen-bond donors (Lipinski definition) is 1. The number of nitrogens with zero attached hydrogens (tertiary/aromatic N) is 2. The molecule has 3 nitrogen and oxygen atoms in total. The summed E-state index contributed by atoms with van der Waals surface area (Å²) in [5.74, 6) is 0. The minimum absolute atomic E-state index is 0.288. The Hall–Kier alpha value is -0.590. The zero-order valence-electron chi connectivity index (χ0n) is 11.8. The molecular formula is C14H27N3. The van der Waals surface area contributed by atoms with Gasteiger partial charge in [0.05, 0.1) is 6.07 Å². The average molecular weight is 237 g/mol. The molecule has 17 heavy (non-hydrogen) atoms. The molecule has 3 unspecified atom stereocenters. The Kier molecular flexibility index (Phi) is 5.42. The van der Waals surface area contributed by atoms with E-state index in [0.717, 1.165) is 25.8 Å². The second-order valence-electron chi connectivity index (χ2n) is 5.28. The maximum Gasteiger partial charge on any atom is 0.108 e. The first-order valence-electron chi connectivity index (χ1n) is 6.98. The third kappa shape index (κ3) is 3.20. The molecule has 1 saturated carbocycles. The second kappa shape index (κ2) is 6.37. The summed E-state index contributed by atoms with van der Waals surface area (Å²) in [6.07, 6.45) is 5.55. The van der Waals surface area contributed by atoms with Crippen LogP contribution < -0.4 is 5.32 Å². The molecule has 1 fully saturated rings. The average Bonchev–Trinajstić information content (AvgIpc) is 2.39. The number of hydrogen-bond acceptors (Lipinski definition) is 3. The summed E-state index contributed by atoms with van der Waals surface area (Å²) in [5.41, 5.74) is -0.288. The highest BCUT2D eigenvalue weighted by atomic mass is 15.2. The number of rotatable bonds is 5. The van der Waals surface area contributed by atoms with Crippen molar-refractivity contribution in [1.29, 1.82) is 5.26 Å². The lowest BCUT2D eigenvalue weighted by Crippen LogP contribution is -2.53. The lowest BCUT2D eigenvalue weighted by molar-refractivity contribution is 0.0912. The Labute approximate surface area is 106 Å². The van der Waals surface area contributed by atoms with Gasteiger partial charge in [-0.15, -0.1) is 0 Å². The zero-order valence-corrected chi connectivity index (χ0v) is 11.8. The van der Waals surface area contributed by atoms with Crippen molar-refractivity contribution in [3.63, 3.8) is 0 Å². The van der Waals surface area contributed by atoms with Crippen LogP contribution in [-0.4, -0.2) is 36.1 Å². The molecule has 0 aliphatic heterocycles. The van der Waals surface area contributed by atoms with Gasteiger partial charge in [0.15, 0.2) is 0 Å². The fourth-order valence-electron chi connectivity index (χ4n) is 3.08. The third-order valence-corrected chi connectivity index (χ3v) is 4.41. The molecule has 0 heterocycles. The fourth-order valence-corrected chi connectivity index (χ4v) is 3.08. The smallest absolute Gasteiger partial charge is 0.108 e. The van der Waals surface area contributed by atoms with Gasteiger partial charge in [-0.3, -0.25) is 4.90 Å². The Morgan fingerprint density at radius 1 is 1.53 bits per heavy atom. The monoisotopic (exact) mass is 237 g/mol. The van der Waals surface area contributed by atoms with E-state index in [9.17, 15) is 5.26 Å². The van der Waals surface area contributed by atoms with E-state index in [1.54, 1.807) is 0 Å². The van der Waals surface area contributed by atoms with Crippen molar-refractivity contribution in [2.24, 2.45) is 0 Å². The normalized spacial score (nSPS) is 31.2. The van der Waals surface area contributed by atoms with Crippen LogP contribution in [0.2, 0.25) is 0 Å². The van der Waals surface area contributed by atoms with Crippen molar-refractivity contribution in [2.45, 2.75) is 70.5 Å². The first-order chi connectivity index (χ1) is 8.12. The van der Waals surface area contributed by atoms with Crippen LogP contribution in [0, 0.1) is 11.3 Å². The minimum Gasteiger partial charge on any atom is -0.302 e. The fraction of sp³-hybridized carbons (Fsp3) is 0.929. The maximum atomic E-state index is 9.38. The maximum absolute atomic E-state index is 9.38. The van der Waals surface area contributed by atoms with Crippen molar-refractivity contribution >= 4 is 0 Å². The van der Waals surface area contributed by atoms with Crippen LogP contribution in [0.5, 0.6) is 0 Å². The van der Waals surface area contributed by atoms with Crippen LogP contribution in [0.1, 0.15) is 52.9 Å². The van der Waals surface area contributed by atoms with Gasteiger partial charge < -0.3 is 5.32 Å². The van der Waals surface area contributed by atoms with Crippen LogP contribution in [0.3, 0.4) is 0 Å². The number of nitriles is 1. The van der Waals surface area contributed by atoms with Crippen LogP contribution in [0.4, 0.5) is 0 Å². The predicted molar refractivity (Wildman–Crippen MR) is 71.8 cm³/mol. The van der Waals surface area contributed by atoms with Crippen LogP contribution >= 0.6 is 0 Å². The summed E-state index contributed by atoms with van der Waals surface area (Å²) in [6.45, 7) is 7.86.